The van der Waals surface area contributed by atoms with E-state index in [2.05, 4.69) is 6.92 Å². The van der Waals surface area contributed by atoms with Gasteiger partial charge in [-0.3, -0.25) is 0 Å². The fourth-order valence-electron chi connectivity index (χ4n) is 1.39. The van der Waals surface area contributed by atoms with Crippen molar-refractivity contribution in [1.82, 2.24) is 0 Å². The highest BCUT2D eigenvalue weighted by Crippen LogP contribution is 2.20. The lowest BCUT2D eigenvalue weighted by Gasteiger charge is -2.19. The molecule has 0 radical (unpaired) electrons. The molecule has 2 atom stereocenters. The van der Waals surface area contributed by atoms with E-state index in [1.165, 1.54) is 0 Å². The molecule has 0 aromatic heterocycles. The van der Waals surface area contributed by atoms with Crippen LogP contribution >= 0.6 is 0 Å². The van der Waals surface area contributed by atoms with Crippen LogP contribution in [0.5, 0.6) is 0 Å². The third-order valence-electron chi connectivity index (χ3n) is 2.34. The molecule has 0 aromatic rings. The predicted octanol–water partition coefficient (Wildman–Crippen LogP) is 2.00. The topological polar surface area (TPSA) is 40.5 Å². The van der Waals surface area contributed by atoms with Crippen LogP contribution in [0.15, 0.2) is 11.8 Å². The number of aliphatic hydroxyl groups excluding tert-OH is 2. The summed E-state index contributed by atoms with van der Waals surface area (Å²) in [6, 6.07) is 0. The van der Waals surface area contributed by atoms with E-state index in [4.69, 9.17) is 5.11 Å². The molecule has 0 bridgehead atoms. The molecule has 1 rings (SSSR count). The number of hydrogen-bond acceptors (Lipinski definition) is 2. The maximum absolute atomic E-state index is 9.44. The molecule has 1 aliphatic carbocycles. The summed E-state index contributed by atoms with van der Waals surface area (Å²) in [5.74, 6) is 0.815. The third-order valence-corrected chi connectivity index (χ3v) is 2.34. The first-order chi connectivity index (χ1) is 5.20. The molecular weight excluding hydrogens is 140 g/mol. The van der Waals surface area contributed by atoms with Crippen LogP contribution in [0.3, 0.4) is 0 Å². The largest absolute Gasteiger partial charge is 0.513 e. The third kappa shape index (κ3) is 2.54. The van der Waals surface area contributed by atoms with Gasteiger partial charge in [0.25, 0.3) is 0 Å². The molecule has 0 saturated carbocycles. The average molecular weight is 156 g/mol. The summed E-state index contributed by atoms with van der Waals surface area (Å²) in [5, 5.41) is 18.6. The van der Waals surface area contributed by atoms with E-state index in [0.29, 0.717) is 18.1 Å². The highest BCUT2D eigenvalue weighted by Gasteiger charge is 2.15. The Morgan fingerprint density at radius 3 is 3.00 bits per heavy atom. The van der Waals surface area contributed by atoms with Crippen LogP contribution in [0.25, 0.3) is 0 Å². The minimum absolute atomic E-state index is 0.266. The Kier molecular flexibility index (Phi) is 2.94. The van der Waals surface area contributed by atoms with Gasteiger partial charge in [0.2, 0.25) is 0 Å². The minimum Gasteiger partial charge on any atom is -0.513 e. The highest BCUT2D eigenvalue weighted by atomic mass is 16.3. The van der Waals surface area contributed by atoms with E-state index in [0.717, 1.165) is 19.3 Å². The first-order valence-electron chi connectivity index (χ1n) is 4.26. The van der Waals surface area contributed by atoms with Crippen LogP contribution in [-0.2, 0) is 0 Å². The van der Waals surface area contributed by atoms with Gasteiger partial charge in [0.1, 0.15) is 0 Å². The zero-order chi connectivity index (χ0) is 8.27. The second kappa shape index (κ2) is 3.77. The molecule has 2 unspecified atom stereocenters. The van der Waals surface area contributed by atoms with Crippen molar-refractivity contribution in [1.29, 1.82) is 0 Å². The normalized spacial score (nSPS) is 33.8. The number of aliphatic hydroxyl groups is 2. The van der Waals surface area contributed by atoms with Crippen molar-refractivity contribution in [2.75, 3.05) is 0 Å². The van der Waals surface area contributed by atoms with E-state index < -0.39 is 0 Å². The zero-order valence-corrected chi connectivity index (χ0v) is 6.95. The summed E-state index contributed by atoms with van der Waals surface area (Å²) in [6.07, 6.45) is 4.85. The first kappa shape index (κ1) is 8.60. The molecule has 2 nitrogen and oxygen atoms in total. The van der Waals surface area contributed by atoms with Crippen LogP contribution in [0.2, 0.25) is 0 Å². The average Bonchev–Trinajstić information content (AvgIpc) is 1.98. The van der Waals surface area contributed by atoms with Gasteiger partial charge in [0.15, 0.2) is 0 Å². The van der Waals surface area contributed by atoms with Gasteiger partial charge >= 0.3 is 0 Å². The van der Waals surface area contributed by atoms with Crippen molar-refractivity contribution in [3.8, 4) is 0 Å². The molecule has 0 aliphatic heterocycles. The summed E-state index contributed by atoms with van der Waals surface area (Å²) in [6.45, 7) is 2.06. The SMILES string of the molecule is CC1CCCC(O)=CCC1O. The van der Waals surface area contributed by atoms with Crippen molar-refractivity contribution >= 4 is 0 Å². The Balaban J connectivity index is 2.51. The zero-order valence-electron chi connectivity index (χ0n) is 6.95. The monoisotopic (exact) mass is 156 g/mol. The van der Waals surface area contributed by atoms with Gasteiger partial charge in [0, 0.05) is 6.42 Å². The Hall–Kier alpha value is -0.500. The molecule has 64 valence electrons. The molecular formula is C9H16O2. The highest BCUT2D eigenvalue weighted by molar-refractivity contribution is 4.94. The second-order valence-corrected chi connectivity index (χ2v) is 3.37. The first-order valence-corrected chi connectivity index (χ1v) is 4.26. The van der Waals surface area contributed by atoms with Crippen molar-refractivity contribution < 1.29 is 10.2 Å². The Morgan fingerprint density at radius 2 is 2.27 bits per heavy atom. The molecule has 0 saturated heterocycles. The molecule has 11 heavy (non-hydrogen) atoms. The number of allylic oxidation sites excluding steroid dienone is 1. The van der Waals surface area contributed by atoms with Gasteiger partial charge in [-0.1, -0.05) is 6.92 Å². The molecule has 1 aliphatic rings. The lowest BCUT2D eigenvalue weighted by atomic mass is 9.93. The van der Waals surface area contributed by atoms with Gasteiger partial charge in [0.05, 0.1) is 11.9 Å². The van der Waals surface area contributed by atoms with Gasteiger partial charge in [-0.2, -0.15) is 0 Å². The maximum Gasteiger partial charge on any atom is 0.0883 e. The smallest absolute Gasteiger partial charge is 0.0883 e. The van der Waals surface area contributed by atoms with E-state index >= 15 is 0 Å². The van der Waals surface area contributed by atoms with Crippen LogP contribution in [-0.4, -0.2) is 16.3 Å². The fraction of sp³-hybridized carbons (Fsp3) is 0.778. The molecule has 0 aromatic carbocycles. The van der Waals surface area contributed by atoms with Crippen LogP contribution in [0, 0.1) is 5.92 Å². The van der Waals surface area contributed by atoms with Gasteiger partial charge in [-0.05, 0) is 31.3 Å². The second-order valence-electron chi connectivity index (χ2n) is 3.37. The maximum atomic E-state index is 9.44. The van der Waals surface area contributed by atoms with Crippen molar-refractivity contribution in [2.45, 2.75) is 38.7 Å². The van der Waals surface area contributed by atoms with Crippen LogP contribution < -0.4 is 0 Å². The summed E-state index contributed by atoms with van der Waals surface area (Å²) >= 11 is 0. The lowest BCUT2D eigenvalue weighted by Crippen LogP contribution is -2.18. The van der Waals surface area contributed by atoms with E-state index in [9.17, 15) is 5.11 Å². The Morgan fingerprint density at radius 1 is 1.55 bits per heavy atom. The number of hydrogen-bond donors (Lipinski definition) is 2. The van der Waals surface area contributed by atoms with E-state index in [1.54, 1.807) is 6.08 Å². The molecule has 0 amide bonds. The molecule has 0 spiro atoms. The van der Waals surface area contributed by atoms with Gasteiger partial charge < -0.3 is 10.2 Å². The molecule has 2 N–H and O–H groups in total. The standard InChI is InChI=1S/C9H16O2/c1-7-3-2-4-8(10)5-6-9(7)11/h5,7,9-11H,2-4,6H2,1H3. The quantitative estimate of drug-likeness (QED) is 0.563. The molecule has 2 heteroatoms. The van der Waals surface area contributed by atoms with Crippen LogP contribution in [0.1, 0.15) is 32.6 Å². The van der Waals surface area contributed by atoms with E-state index in [1.807, 2.05) is 0 Å². The molecule has 0 fully saturated rings. The fourth-order valence-corrected chi connectivity index (χ4v) is 1.39. The lowest BCUT2D eigenvalue weighted by molar-refractivity contribution is 0.109. The van der Waals surface area contributed by atoms with E-state index in [-0.39, 0.29) is 6.10 Å². The van der Waals surface area contributed by atoms with Crippen LogP contribution in [0.4, 0.5) is 0 Å². The van der Waals surface area contributed by atoms with Crippen molar-refractivity contribution in [3.05, 3.63) is 11.8 Å². The summed E-state index contributed by atoms with van der Waals surface area (Å²) < 4.78 is 0. The predicted molar refractivity (Wildman–Crippen MR) is 44.4 cm³/mol. The van der Waals surface area contributed by atoms with Gasteiger partial charge in [-0.15, -0.1) is 0 Å². The Bertz CT molecular complexity index is 152. The van der Waals surface area contributed by atoms with Crippen molar-refractivity contribution in [2.24, 2.45) is 5.92 Å². The summed E-state index contributed by atoms with van der Waals surface area (Å²) in [4.78, 5) is 0. The summed E-state index contributed by atoms with van der Waals surface area (Å²) in [5.41, 5.74) is 0. The summed E-state index contributed by atoms with van der Waals surface area (Å²) in [7, 11) is 0. The van der Waals surface area contributed by atoms with Gasteiger partial charge in [-0.25, -0.2) is 0 Å². The minimum atomic E-state index is -0.266. The van der Waals surface area contributed by atoms with Crippen molar-refractivity contribution in [3.63, 3.8) is 0 Å². The molecule has 0 heterocycles. The number of rotatable bonds is 0. The Labute approximate surface area is 67.6 Å².